The molecule has 1 aliphatic rings. The van der Waals surface area contributed by atoms with Crippen molar-refractivity contribution in [3.8, 4) is 5.75 Å². The third-order valence-corrected chi connectivity index (χ3v) is 6.42. The molecule has 1 aliphatic heterocycles. The summed E-state index contributed by atoms with van der Waals surface area (Å²) in [6, 6.07) is 7.99. The summed E-state index contributed by atoms with van der Waals surface area (Å²) in [4.78, 5) is 0. The molecule has 2 rings (SSSR count). The molecular weight excluding hydrogens is 286 g/mol. The number of hydrogen-bond donors (Lipinski definition) is 0. The fourth-order valence-corrected chi connectivity index (χ4v) is 4.15. The Hall–Kier alpha value is -1.07. The third kappa shape index (κ3) is 3.77. The number of rotatable bonds is 4. The van der Waals surface area contributed by atoms with E-state index in [2.05, 4.69) is 12.1 Å². The quantitative estimate of drug-likeness (QED) is 0.859. The second-order valence-electron chi connectivity index (χ2n) is 5.92. The van der Waals surface area contributed by atoms with Crippen molar-refractivity contribution in [2.45, 2.75) is 44.3 Å². The summed E-state index contributed by atoms with van der Waals surface area (Å²) < 4.78 is 31.7. The molecule has 4 nitrogen and oxygen atoms in total. The van der Waals surface area contributed by atoms with Crippen LogP contribution in [0.4, 0.5) is 0 Å². The molecule has 1 saturated heterocycles. The minimum absolute atomic E-state index is 0.270. The van der Waals surface area contributed by atoms with Gasteiger partial charge in [0.1, 0.15) is 5.75 Å². The molecule has 21 heavy (non-hydrogen) atoms. The van der Waals surface area contributed by atoms with E-state index in [0.717, 1.165) is 25.0 Å². The summed E-state index contributed by atoms with van der Waals surface area (Å²) in [6.45, 7) is 4.74. The Balaban J connectivity index is 2.19. The van der Waals surface area contributed by atoms with Crippen molar-refractivity contribution < 1.29 is 13.2 Å². The Labute approximate surface area is 128 Å². The molecule has 0 amide bonds. The second kappa shape index (κ2) is 6.79. The predicted octanol–water partition coefficient (Wildman–Crippen LogP) is 3.00. The lowest BCUT2D eigenvalue weighted by Gasteiger charge is -2.26. The summed E-state index contributed by atoms with van der Waals surface area (Å²) in [5, 5.41) is -0.355. The van der Waals surface area contributed by atoms with E-state index < -0.39 is 10.0 Å². The summed E-state index contributed by atoms with van der Waals surface area (Å²) in [7, 11) is -1.52. The molecule has 1 aromatic rings. The molecule has 1 atom stereocenters. The summed E-state index contributed by atoms with van der Waals surface area (Å²) >= 11 is 0. The van der Waals surface area contributed by atoms with Gasteiger partial charge in [0.15, 0.2) is 0 Å². The molecule has 0 saturated carbocycles. The molecule has 0 N–H and O–H groups in total. The number of sulfonamides is 1. The van der Waals surface area contributed by atoms with Gasteiger partial charge in [-0.25, -0.2) is 12.7 Å². The van der Waals surface area contributed by atoms with Gasteiger partial charge in [-0.15, -0.1) is 0 Å². The first-order valence-corrected chi connectivity index (χ1v) is 9.08. The first-order chi connectivity index (χ1) is 9.95. The predicted molar refractivity (Wildman–Crippen MR) is 85.2 cm³/mol. The Bertz CT molecular complexity index is 551. The van der Waals surface area contributed by atoms with Crippen LogP contribution >= 0.6 is 0 Å². The van der Waals surface area contributed by atoms with Crippen LogP contribution in [0.1, 0.15) is 44.6 Å². The van der Waals surface area contributed by atoms with Crippen molar-refractivity contribution >= 4 is 10.0 Å². The van der Waals surface area contributed by atoms with E-state index >= 15 is 0 Å². The van der Waals surface area contributed by atoms with Crippen LogP contribution in [0.3, 0.4) is 0 Å². The van der Waals surface area contributed by atoms with E-state index in [1.807, 2.05) is 12.1 Å². The molecule has 0 aliphatic carbocycles. The Morgan fingerprint density at radius 3 is 2.43 bits per heavy atom. The first kappa shape index (κ1) is 16.3. The number of methoxy groups -OCH3 is 1. The van der Waals surface area contributed by atoms with Gasteiger partial charge in [-0.1, -0.05) is 18.6 Å². The van der Waals surface area contributed by atoms with E-state index in [1.165, 1.54) is 5.56 Å². The van der Waals surface area contributed by atoms with Crippen LogP contribution < -0.4 is 4.74 Å². The van der Waals surface area contributed by atoms with Crippen LogP contribution in [0.25, 0.3) is 0 Å². The van der Waals surface area contributed by atoms with Gasteiger partial charge in [-0.05, 0) is 50.3 Å². The largest absolute Gasteiger partial charge is 0.497 e. The van der Waals surface area contributed by atoms with Crippen molar-refractivity contribution in [3.05, 3.63) is 29.8 Å². The van der Waals surface area contributed by atoms with Crippen LogP contribution in [0.5, 0.6) is 5.75 Å². The lowest BCUT2D eigenvalue weighted by atomic mass is 9.94. The van der Waals surface area contributed by atoms with Crippen LogP contribution in [0, 0.1) is 0 Å². The lowest BCUT2D eigenvalue weighted by Crippen LogP contribution is -2.38. The average Bonchev–Trinajstić information content (AvgIpc) is 2.73. The Morgan fingerprint density at radius 2 is 1.86 bits per heavy atom. The third-order valence-electron chi connectivity index (χ3n) is 4.18. The molecule has 118 valence electrons. The zero-order valence-corrected chi connectivity index (χ0v) is 13.9. The molecule has 5 heteroatoms. The molecule has 1 fully saturated rings. The van der Waals surface area contributed by atoms with Gasteiger partial charge in [-0.3, -0.25) is 0 Å². The van der Waals surface area contributed by atoms with Crippen molar-refractivity contribution in [2.75, 3.05) is 20.2 Å². The molecule has 0 unspecified atom stereocenters. The zero-order valence-electron chi connectivity index (χ0n) is 13.1. The monoisotopic (exact) mass is 311 g/mol. The highest BCUT2D eigenvalue weighted by Crippen LogP contribution is 2.29. The number of nitrogens with zero attached hydrogens (tertiary/aromatic N) is 1. The highest BCUT2D eigenvalue weighted by atomic mass is 32.2. The number of hydrogen-bond acceptors (Lipinski definition) is 3. The molecule has 0 spiro atoms. The van der Waals surface area contributed by atoms with Crippen molar-refractivity contribution in [1.82, 2.24) is 4.31 Å². The summed E-state index contributed by atoms with van der Waals surface area (Å²) in [5.41, 5.74) is 1.20. The molecule has 0 aromatic heterocycles. The molecule has 1 heterocycles. The van der Waals surface area contributed by atoms with Crippen LogP contribution in [-0.2, 0) is 10.0 Å². The average molecular weight is 311 g/mol. The number of benzene rings is 1. The topological polar surface area (TPSA) is 46.6 Å². The highest BCUT2D eigenvalue weighted by Gasteiger charge is 2.30. The lowest BCUT2D eigenvalue weighted by molar-refractivity contribution is 0.400. The van der Waals surface area contributed by atoms with Gasteiger partial charge < -0.3 is 4.74 Å². The Morgan fingerprint density at radius 1 is 1.19 bits per heavy atom. The molecular formula is C16H25NO3S. The second-order valence-corrected chi connectivity index (χ2v) is 8.41. The van der Waals surface area contributed by atoms with Gasteiger partial charge in [0.2, 0.25) is 10.0 Å². The van der Waals surface area contributed by atoms with Gasteiger partial charge >= 0.3 is 0 Å². The van der Waals surface area contributed by atoms with Gasteiger partial charge in [0.05, 0.1) is 12.4 Å². The normalized spacial score (nSPS) is 21.2. The fraction of sp³-hybridized carbons (Fsp3) is 0.625. The van der Waals surface area contributed by atoms with Crippen molar-refractivity contribution in [3.63, 3.8) is 0 Å². The van der Waals surface area contributed by atoms with E-state index in [-0.39, 0.29) is 11.2 Å². The van der Waals surface area contributed by atoms with E-state index in [4.69, 9.17) is 4.74 Å². The summed E-state index contributed by atoms with van der Waals surface area (Å²) in [6.07, 6.45) is 3.05. The van der Waals surface area contributed by atoms with Crippen molar-refractivity contribution in [1.29, 1.82) is 0 Å². The maximum absolute atomic E-state index is 12.4. The van der Waals surface area contributed by atoms with Crippen LogP contribution in [-0.4, -0.2) is 38.2 Å². The number of ether oxygens (including phenoxy) is 1. The van der Waals surface area contributed by atoms with Crippen molar-refractivity contribution in [2.24, 2.45) is 0 Å². The van der Waals surface area contributed by atoms with E-state index in [0.29, 0.717) is 13.1 Å². The first-order valence-electron chi connectivity index (χ1n) is 7.58. The molecule has 0 radical (unpaired) electrons. The standard InChI is InChI=1S/C16H25NO3S/c1-13(2)21(18,19)17-11-5-4-6-15(12-17)14-7-9-16(20-3)10-8-14/h7-10,13,15H,4-6,11-12H2,1-3H3/t15-/m0/s1. The van der Waals surface area contributed by atoms with Gasteiger partial charge in [0.25, 0.3) is 0 Å². The maximum atomic E-state index is 12.4. The fourth-order valence-electron chi connectivity index (χ4n) is 2.78. The smallest absolute Gasteiger partial charge is 0.216 e. The SMILES string of the molecule is COc1ccc([C@H]2CCCCN(S(=O)(=O)C(C)C)C2)cc1. The van der Waals surface area contributed by atoms with E-state index in [9.17, 15) is 8.42 Å². The summed E-state index contributed by atoms with van der Waals surface area (Å²) in [5.74, 6) is 1.10. The zero-order chi connectivity index (χ0) is 15.5. The van der Waals surface area contributed by atoms with Crippen LogP contribution in [0.15, 0.2) is 24.3 Å². The minimum atomic E-state index is -3.17. The van der Waals surface area contributed by atoms with Crippen LogP contribution in [0.2, 0.25) is 0 Å². The highest BCUT2D eigenvalue weighted by molar-refractivity contribution is 7.89. The van der Waals surface area contributed by atoms with E-state index in [1.54, 1.807) is 25.3 Å². The molecule has 0 bridgehead atoms. The van der Waals surface area contributed by atoms with Gasteiger partial charge in [-0.2, -0.15) is 0 Å². The van der Waals surface area contributed by atoms with Gasteiger partial charge in [0, 0.05) is 13.1 Å². The maximum Gasteiger partial charge on any atom is 0.216 e. The molecule has 1 aromatic carbocycles. The Kier molecular flexibility index (Phi) is 5.27. The minimum Gasteiger partial charge on any atom is -0.497 e.